The maximum atomic E-state index is 13.2. The van der Waals surface area contributed by atoms with Crippen molar-refractivity contribution in [2.75, 3.05) is 13.7 Å². The van der Waals surface area contributed by atoms with Crippen LogP contribution < -0.4 is 10.1 Å². The number of halogens is 3. The molecule has 128 valence electrons. The van der Waals surface area contributed by atoms with Crippen LogP contribution in [0.25, 0.3) is 0 Å². The zero-order valence-electron chi connectivity index (χ0n) is 13.0. The predicted molar refractivity (Wildman–Crippen MR) is 80.0 cm³/mol. The molecule has 8 heteroatoms. The molecule has 1 aliphatic heterocycles. The van der Waals surface area contributed by atoms with Crippen LogP contribution in [-0.4, -0.2) is 29.3 Å². The summed E-state index contributed by atoms with van der Waals surface area (Å²) in [5.74, 6) is -0.0921. The number of nitrogens with one attached hydrogen (secondary N) is 1. The zero-order valence-corrected chi connectivity index (χ0v) is 13.0. The molecule has 1 aliphatic rings. The minimum atomic E-state index is -4.51. The second-order valence-electron chi connectivity index (χ2n) is 5.52. The van der Waals surface area contributed by atoms with Crippen molar-refractivity contribution in [3.8, 4) is 5.88 Å². The van der Waals surface area contributed by atoms with Crippen molar-refractivity contribution in [3.63, 3.8) is 0 Å². The summed E-state index contributed by atoms with van der Waals surface area (Å²) in [4.78, 5) is 11.7. The summed E-state index contributed by atoms with van der Waals surface area (Å²) in [6, 6.07) is 6.68. The third kappa shape index (κ3) is 3.08. The van der Waals surface area contributed by atoms with Gasteiger partial charge in [0.15, 0.2) is 5.69 Å². The number of rotatable bonds is 3. The lowest BCUT2D eigenvalue weighted by molar-refractivity contribution is -0.142. The molecule has 24 heavy (non-hydrogen) atoms. The summed E-state index contributed by atoms with van der Waals surface area (Å²) in [5, 5.41) is 6.23. The van der Waals surface area contributed by atoms with E-state index in [1.54, 1.807) is 24.3 Å². The molecule has 1 amide bonds. The van der Waals surface area contributed by atoms with Crippen LogP contribution in [0.1, 0.15) is 33.6 Å². The van der Waals surface area contributed by atoms with Crippen molar-refractivity contribution >= 4 is 5.91 Å². The SMILES string of the molecule is CNC(=O)c1cccc(Cn2nc(C(F)(F)F)c3c2OCCC3)c1. The average Bonchev–Trinajstić information content (AvgIpc) is 2.93. The van der Waals surface area contributed by atoms with E-state index in [0.29, 0.717) is 30.6 Å². The van der Waals surface area contributed by atoms with Gasteiger partial charge in [-0.15, -0.1) is 0 Å². The molecule has 0 fully saturated rings. The van der Waals surface area contributed by atoms with Crippen LogP contribution in [0.2, 0.25) is 0 Å². The number of aromatic nitrogens is 2. The van der Waals surface area contributed by atoms with Crippen LogP contribution in [0, 0.1) is 0 Å². The first-order valence-corrected chi connectivity index (χ1v) is 7.51. The monoisotopic (exact) mass is 339 g/mol. The van der Waals surface area contributed by atoms with Crippen molar-refractivity contribution in [2.45, 2.75) is 25.6 Å². The zero-order chi connectivity index (χ0) is 17.3. The molecule has 0 bridgehead atoms. The van der Waals surface area contributed by atoms with Crippen LogP contribution in [0.4, 0.5) is 13.2 Å². The van der Waals surface area contributed by atoms with Crippen molar-refractivity contribution in [1.29, 1.82) is 0 Å². The molecule has 3 rings (SSSR count). The van der Waals surface area contributed by atoms with Crippen LogP contribution in [0.3, 0.4) is 0 Å². The molecule has 0 atom stereocenters. The largest absolute Gasteiger partial charge is 0.478 e. The Labute approximate surface area is 136 Å². The second-order valence-corrected chi connectivity index (χ2v) is 5.52. The van der Waals surface area contributed by atoms with E-state index in [2.05, 4.69) is 10.4 Å². The molecule has 1 aromatic heterocycles. The molecule has 0 unspecified atom stereocenters. The van der Waals surface area contributed by atoms with Gasteiger partial charge in [-0.05, 0) is 30.5 Å². The van der Waals surface area contributed by atoms with E-state index in [1.807, 2.05) is 0 Å². The van der Waals surface area contributed by atoms with Gasteiger partial charge in [0.25, 0.3) is 5.91 Å². The Morgan fingerprint density at radius 1 is 1.42 bits per heavy atom. The molecule has 0 saturated heterocycles. The standard InChI is InChI=1S/C16H16F3N3O2/c1-20-14(23)11-5-2-4-10(8-11)9-22-15-12(6-3-7-24-15)13(21-22)16(17,18)19/h2,4-5,8H,3,6-7,9H2,1H3,(H,20,23). The molecular formula is C16H16F3N3O2. The highest BCUT2D eigenvalue weighted by atomic mass is 19.4. The highest BCUT2D eigenvalue weighted by molar-refractivity contribution is 5.94. The minimum absolute atomic E-state index is 0.100. The van der Waals surface area contributed by atoms with E-state index in [1.165, 1.54) is 11.7 Å². The predicted octanol–water partition coefficient (Wildman–Crippen LogP) is 2.63. The van der Waals surface area contributed by atoms with Gasteiger partial charge in [-0.3, -0.25) is 4.79 Å². The molecule has 0 radical (unpaired) electrons. The van der Waals surface area contributed by atoms with E-state index in [9.17, 15) is 18.0 Å². The van der Waals surface area contributed by atoms with Crippen LogP contribution >= 0.6 is 0 Å². The number of ether oxygens (including phenoxy) is 1. The van der Waals surface area contributed by atoms with Crippen LogP contribution in [-0.2, 0) is 19.1 Å². The normalized spacial score (nSPS) is 14.0. The second kappa shape index (κ2) is 6.18. The number of hydrogen-bond donors (Lipinski definition) is 1. The first-order valence-electron chi connectivity index (χ1n) is 7.51. The van der Waals surface area contributed by atoms with Gasteiger partial charge in [0.05, 0.1) is 13.2 Å². The van der Waals surface area contributed by atoms with E-state index in [-0.39, 0.29) is 23.9 Å². The van der Waals surface area contributed by atoms with Gasteiger partial charge in [0.2, 0.25) is 5.88 Å². The Morgan fingerprint density at radius 3 is 2.92 bits per heavy atom. The lowest BCUT2D eigenvalue weighted by atomic mass is 10.1. The van der Waals surface area contributed by atoms with E-state index in [4.69, 9.17) is 4.74 Å². The summed E-state index contributed by atoms with van der Waals surface area (Å²) in [5.41, 5.74) is 0.327. The maximum Gasteiger partial charge on any atom is 0.435 e. The first kappa shape index (κ1) is 16.4. The number of fused-ring (bicyclic) bond motifs is 1. The van der Waals surface area contributed by atoms with Crippen molar-refractivity contribution < 1.29 is 22.7 Å². The summed E-state index contributed by atoms with van der Waals surface area (Å²) in [6.45, 7) is 0.470. The summed E-state index contributed by atoms with van der Waals surface area (Å²) in [6.07, 6.45) is -3.68. The molecular weight excluding hydrogens is 323 g/mol. The first-order chi connectivity index (χ1) is 11.4. The van der Waals surface area contributed by atoms with Gasteiger partial charge in [-0.2, -0.15) is 18.3 Å². The fourth-order valence-corrected chi connectivity index (χ4v) is 2.75. The van der Waals surface area contributed by atoms with E-state index in [0.717, 1.165) is 0 Å². The van der Waals surface area contributed by atoms with Crippen molar-refractivity contribution in [2.24, 2.45) is 0 Å². The topological polar surface area (TPSA) is 56.2 Å². The molecule has 0 saturated carbocycles. The molecule has 0 spiro atoms. The Bertz CT molecular complexity index is 768. The van der Waals surface area contributed by atoms with Gasteiger partial charge >= 0.3 is 6.18 Å². The number of hydrogen-bond acceptors (Lipinski definition) is 3. The summed E-state index contributed by atoms with van der Waals surface area (Å²) < 4.78 is 46.1. The molecule has 1 aromatic carbocycles. The van der Waals surface area contributed by atoms with Crippen LogP contribution in [0.15, 0.2) is 24.3 Å². The van der Waals surface area contributed by atoms with Crippen molar-refractivity contribution in [1.82, 2.24) is 15.1 Å². The van der Waals surface area contributed by atoms with Gasteiger partial charge in [0, 0.05) is 18.2 Å². The summed E-state index contributed by atoms with van der Waals surface area (Å²) in [7, 11) is 1.52. The number of alkyl halides is 3. The number of benzene rings is 1. The Hall–Kier alpha value is -2.51. The molecule has 2 heterocycles. The highest BCUT2D eigenvalue weighted by Gasteiger charge is 2.40. The average molecular weight is 339 g/mol. The molecule has 5 nitrogen and oxygen atoms in total. The van der Waals surface area contributed by atoms with Gasteiger partial charge in [-0.25, -0.2) is 4.68 Å². The van der Waals surface area contributed by atoms with Crippen LogP contribution in [0.5, 0.6) is 5.88 Å². The fourth-order valence-electron chi connectivity index (χ4n) is 2.75. The molecule has 1 N–H and O–H groups in total. The fraction of sp³-hybridized carbons (Fsp3) is 0.375. The lowest BCUT2D eigenvalue weighted by Crippen LogP contribution is -2.18. The molecule has 0 aliphatic carbocycles. The van der Waals surface area contributed by atoms with E-state index < -0.39 is 11.9 Å². The van der Waals surface area contributed by atoms with Gasteiger partial charge < -0.3 is 10.1 Å². The van der Waals surface area contributed by atoms with E-state index >= 15 is 0 Å². The Kier molecular flexibility index (Phi) is 4.21. The smallest absolute Gasteiger partial charge is 0.435 e. The third-order valence-electron chi connectivity index (χ3n) is 3.83. The lowest BCUT2D eigenvalue weighted by Gasteiger charge is -2.16. The summed E-state index contributed by atoms with van der Waals surface area (Å²) >= 11 is 0. The minimum Gasteiger partial charge on any atom is -0.478 e. The Morgan fingerprint density at radius 2 is 2.21 bits per heavy atom. The number of nitrogens with zero attached hydrogens (tertiary/aromatic N) is 2. The highest BCUT2D eigenvalue weighted by Crippen LogP contribution is 2.38. The third-order valence-corrected chi connectivity index (χ3v) is 3.83. The molecule has 2 aromatic rings. The van der Waals surface area contributed by atoms with Gasteiger partial charge in [0.1, 0.15) is 0 Å². The Balaban J connectivity index is 1.96. The maximum absolute atomic E-state index is 13.2. The van der Waals surface area contributed by atoms with Crippen molar-refractivity contribution in [3.05, 3.63) is 46.6 Å². The number of carbonyl (C=O) groups is 1. The van der Waals surface area contributed by atoms with Gasteiger partial charge in [-0.1, -0.05) is 12.1 Å². The quantitative estimate of drug-likeness (QED) is 0.935. The number of amides is 1. The number of carbonyl (C=O) groups excluding carboxylic acids is 1.